The van der Waals surface area contributed by atoms with Gasteiger partial charge in [0.15, 0.2) is 0 Å². The van der Waals surface area contributed by atoms with E-state index in [4.69, 9.17) is 10.5 Å². The van der Waals surface area contributed by atoms with Crippen molar-refractivity contribution in [1.29, 1.82) is 0 Å². The second-order valence-corrected chi connectivity index (χ2v) is 6.04. The predicted molar refractivity (Wildman–Crippen MR) is 95.2 cm³/mol. The second-order valence-electron chi connectivity index (χ2n) is 5.03. The van der Waals surface area contributed by atoms with Gasteiger partial charge in [0.2, 0.25) is 17.0 Å². The number of para-hydroxylation sites is 1. The van der Waals surface area contributed by atoms with Gasteiger partial charge in [-0.05, 0) is 24.3 Å². The van der Waals surface area contributed by atoms with Crippen LogP contribution in [0.15, 0.2) is 48.5 Å². The summed E-state index contributed by atoms with van der Waals surface area (Å²) in [4.78, 5) is 8.80. The third kappa shape index (κ3) is 2.63. The molecule has 0 spiro atoms. The van der Waals surface area contributed by atoms with E-state index in [0.717, 1.165) is 21.7 Å². The van der Waals surface area contributed by atoms with Crippen LogP contribution in [0.5, 0.6) is 5.75 Å². The van der Waals surface area contributed by atoms with Crippen molar-refractivity contribution in [3.63, 3.8) is 0 Å². The zero-order valence-electron chi connectivity index (χ0n) is 12.8. The van der Waals surface area contributed by atoms with Crippen LogP contribution in [0.1, 0.15) is 0 Å². The number of ether oxygens (including phenoxy) is 1. The lowest BCUT2D eigenvalue weighted by molar-refractivity contribution is 0.415. The Balaban J connectivity index is 1.66. The first kappa shape index (κ1) is 14.5. The summed E-state index contributed by atoms with van der Waals surface area (Å²) in [6, 6.07) is 15.4. The topological polar surface area (TPSA) is 90.9 Å². The van der Waals surface area contributed by atoms with Crippen LogP contribution >= 0.6 is 11.3 Å². The summed E-state index contributed by atoms with van der Waals surface area (Å²) < 4.78 is 7.81. The number of nitrogens with one attached hydrogen (secondary N) is 1. The van der Waals surface area contributed by atoms with Gasteiger partial charge in [-0.15, -0.1) is 5.10 Å². The average molecular weight is 338 g/mol. The number of rotatable bonds is 4. The van der Waals surface area contributed by atoms with Crippen molar-refractivity contribution < 1.29 is 4.74 Å². The lowest BCUT2D eigenvalue weighted by atomic mass is 10.3. The Kier molecular flexibility index (Phi) is 3.51. The number of nitrogens with zero attached hydrogens (tertiary/aromatic N) is 4. The van der Waals surface area contributed by atoms with E-state index in [1.165, 1.54) is 16.0 Å². The fourth-order valence-electron chi connectivity index (χ4n) is 2.30. The molecule has 0 unspecified atom stereocenters. The normalized spacial score (nSPS) is 10.9. The maximum Gasteiger partial charge on any atom is 0.248 e. The number of fused-ring (bicyclic) bond motifs is 1. The Morgan fingerprint density at radius 2 is 2.00 bits per heavy atom. The van der Waals surface area contributed by atoms with Gasteiger partial charge in [-0.3, -0.25) is 0 Å². The predicted octanol–water partition coefficient (Wildman–Crippen LogP) is 3.21. The molecule has 2 aromatic carbocycles. The van der Waals surface area contributed by atoms with Gasteiger partial charge < -0.3 is 15.8 Å². The summed E-state index contributed by atoms with van der Waals surface area (Å²) in [5.41, 5.74) is 7.72. The Morgan fingerprint density at radius 1 is 1.12 bits per heavy atom. The number of nitrogen functional groups attached to an aromatic ring is 1. The maximum atomic E-state index is 6.00. The van der Waals surface area contributed by atoms with Crippen LogP contribution in [0.2, 0.25) is 0 Å². The molecule has 0 radical (unpaired) electrons. The van der Waals surface area contributed by atoms with Crippen LogP contribution < -0.4 is 15.8 Å². The molecule has 0 bridgehead atoms. The van der Waals surface area contributed by atoms with Gasteiger partial charge in [-0.25, -0.2) is 4.98 Å². The van der Waals surface area contributed by atoms with Crippen molar-refractivity contribution >= 4 is 39.1 Å². The highest BCUT2D eigenvalue weighted by Crippen LogP contribution is 2.26. The van der Waals surface area contributed by atoms with E-state index >= 15 is 0 Å². The molecule has 0 saturated carbocycles. The monoisotopic (exact) mass is 338 g/mol. The Morgan fingerprint density at radius 3 is 2.83 bits per heavy atom. The van der Waals surface area contributed by atoms with Crippen molar-refractivity contribution in [2.75, 3.05) is 18.2 Å². The third-order valence-electron chi connectivity index (χ3n) is 3.42. The van der Waals surface area contributed by atoms with Gasteiger partial charge in [0, 0.05) is 11.8 Å². The minimum atomic E-state index is 0.277. The molecule has 0 aliphatic heterocycles. The highest BCUT2D eigenvalue weighted by Gasteiger charge is 2.13. The first-order valence-electron chi connectivity index (χ1n) is 7.22. The molecule has 8 heteroatoms. The molecule has 2 heterocycles. The highest BCUT2D eigenvalue weighted by molar-refractivity contribution is 7.20. The van der Waals surface area contributed by atoms with Gasteiger partial charge >= 0.3 is 0 Å². The summed E-state index contributed by atoms with van der Waals surface area (Å²) in [7, 11) is 1.62. The highest BCUT2D eigenvalue weighted by atomic mass is 32.1. The maximum absolute atomic E-state index is 6.00. The van der Waals surface area contributed by atoms with Crippen LogP contribution in [-0.2, 0) is 0 Å². The zero-order chi connectivity index (χ0) is 16.5. The largest absolute Gasteiger partial charge is 0.497 e. The summed E-state index contributed by atoms with van der Waals surface area (Å²) in [6.07, 6.45) is 0. The standard InChI is InChI=1S/C16H14N6OS/c1-23-11-6-4-5-10(9-11)18-15-20-14(17)22(21-15)16-19-12-7-2-3-8-13(12)24-16/h2-9H,1H3,(H3,17,18,20,21). The molecular formula is C16H14N6OS. The molecular weight excluding hydrogens is 324 g/mol. The Bertz CT molecular complexity index is 976. The molecule has 2 aromatic heterocycles. The van der Waals surface area contributed by atoms with E-state index in [0.29, 0.717) is 11.1 Å². The summed E-state index contributed by atoms with van der Waals surface area (Å²) >= 11 is 1.51. The number of methoxy groups -OCH3 is 1. The van der Waals surface area contributed by atoms with E-state index < -0.39 is 0 Å². The van der Waals surface area contributed by atoms with E-state index in [2.05, 4.69) is 20.4 Å². The van der Waals surface area contributed by atoms with Gasteiger partial charge in [-0.2, -0.15) is 9.67 Å². The Labute approximate surface area is 141 Å². The summed E-state index contributed by atoms with van der Waals surface area (Å²) in [5.74, 6) is 1.43. The molecule has 4 aromatic rings. The molecule has 0 fully saturated rings. The van der Waals surface area contributed by atoms with E-state index in [1.807, 2.05) is 48.5 Å². The van der Waals surface area contributed by atoms with E-state index in [9.17, 15) is 0 Å². The molecule has 0 aliphatic carbocycles. The molecule has 0 amide bonds. The van der Waals surface area contributed by atoms with Crippen LogP contribution in [0.4, 0.5) is 17.6 Å². The van der Waals surface area contributed by atoms with Crippen molar-refractivity contribution in [3.8, 4) is 10.9 Å². The van der Waals surface area contributed by atoms with Crippen LogP contribution in [0.25, 0.3) is 15.3 Å². The number of thiazole rings is 1. The molecule has 0 saturated heterocycles. The molecule has 0 atom stereocenters. The molecule has 4 rings (SSSR count). The fourth-order valence-corrected chi connectivity index (χ4v) is 3.22. The average Bonchev–Trinajstić information content (AvgIpc) is 3.18. The van der Waals surface area contributed by atoms with E-state index in [1.54, 1.807) is 7.11 Å². The number of benzene rings is 2. The van der Waals surface area contributed by atoms with Gasteiger partial charge in [0.1, 0.15) is 5.75 Å². The number of anilines is 3. The lowest BCUT2D eigenvalue weighted by Crippen LogP contribution is -2.01. The minimum absolute atomic E-state index is 0.277. The van der Waals surface area contributed by atoms with Gasteiger partial charge in [0.25, 0.3) is 0 Å². The zero-order valence-corrected chi connectivity index (χ0v) is 13.6. The molecule has 0 aliphatic rings. The lowest BCUT2D eigenvalue weighted by Gasteiger charge is -2.04. The van der Waals surface area contributed by atoms with E-state index in [-0.39, 0.29) is 5.95 Å². The van der Waals surface area contributed by atoms with Crippen molar-refractivity contribution in [2.24, 2.45) is 0 Å². The van der Waals surface area contributed by atoms with Crippen molar-refractivity contribution in [1.82, 2.24) is 19.7 Å². The number of hydrogen-bond acceptors (Lipinski definition) is 7. The summed E-state index contributed by atoms with van der Waals surface area (Å²) in [6.45, 7) is 0. The molecule has 24 heavy (non-hydrogen) atoms. The van der Waals surface area contributed by atoms with Crippen LogP contribution in [0.3, 0.4) is 0 Å². The molecule has 7 nitrogen and oxygen atoms in total. The SMILES string of the molecule is COc1cccc(Nc2nc(N)n(-c3nc4ccccc4s3)n2)c1. The molecule has 120 valence electrons. The van der Waals surface area contributed by atoms with Crippen molar-refractivity contribution in [3.05, 3.63) is 48.5 Å². The Hall–Kier alpha value is -3.13. The quantitative estimate of drug-likeness (QED) is 0.594. The second kappa shape index (κ2) is 5.82. The number of hydrogen-bond donors (Lipinski definition) is 2. The first-order valence-corrected chi connectivity index (χ1v) is 8.04. The van der Waals surface area contributed by atoms with Crippen LogP contribution in [0, 0.1) is 0 Å². The van der Waals surface area contributed by atoms with Crippen molar-refractivity contribution in [2.45, 2.75) is 0 Å². The summed E-state index contributed by atoms with van der Waals surface area (Å²) in [5, 5.41) is 8.20. The van der Waals surface area contributed by atoms with Gasteiger partial charge in [0.05, 0.1) is 17.3 Å². The van der Waals surface area contributed by atoms with Gasteiger partial charge in [-0.1, -0.05) is 29.5 Å². The number of nitrogens with two attached hydrogens (primary N) is 1. The smallest absolute Gasteiger partial charge is 0.248 e. The third-order valence-corrected chi connectivity index (χ3v) is 4.43. The van der Waals surface area contributed by atoms with Crippen LogP contribution in [-0.4, -0.2) is 26.9 Å². The minimum Gasteiger partial charge on any atom is -0.497 e. The number of aromatic nitrogens is 4. The fraction of sp³-hybridized carbons (Fsp3) is 0.0625. The molecule has 3 N–H and O–H groups in total. The first-order chi connectivity index (χ1) is 11.7.